The van der Waals surface area contributed by atoms with Gasteiger partial charge in [0.05, 0.1) is 29.9 Å². The van der Waals surface area contributed by atoms with Crippen LogP contribution in [-0.2, 0) is 5.41 Å². The SMILES string of the molecule is COc1ccc(C(=O)N2CC(O)C2)c(NC(=O)N2CC[C@@](c3ccc(C)c(F)c3)(c3ncns3)C2)c1. The molecule has 3 amide bonds. The molecular formula is C25H26FN5O4S. The largest absolute Gasteiger partial charge is 0.497 e. The number of anilines is 1. The molecule has 1 atom stereocenters. The zero-order valence-electron chi connectivity index (χ0n) is 19.9. The summed E-state index contributed by atoms with van der Waals surface area (Å²) in [6, 6.07) is 9.59. The number of aliphatic hydroxyl groups is 1. The summed E-state index contributed by atoms with van der Waals surface area (Å²) in [5.41, 5.74) is 1.23. The Balaban J connectivity index is 1.41. The number of β-amino-alcohol motifs (C(OH)–C–C–N with tert-alkyl or cyclic N) is 1. The van der Waals surface area contributed by atoms with E-state index in [4.69, 9.17) is 4.74 Å². The minimum absolute atomic E-state index is 0.252. The number of likely N-dealkylation sites (tertiary alicyclic amines) is 2. The van der Waals surface area contributed by atoms with E-state index in [1.165, 1.54) is 35.9 Å². The number of methoxy groups -OCH3 is 1. The number of carbonyl (C=O) groups is 2. The summed E-state index contributed by atoms with van der Waals surface area (Å²) in [7, 11) is 1.51. The number of hydrogen-bond acceptors (Lipinski definition) is 7. The van der Waals surface area contributed by atoms with Crippen molar-refractivity contribution in [1.29, 1.82) is 0 Å². The molecule has 3 heterocycles. The summed E-state index contributed by atoms with van der Waals surface area (Å²) < 4.78 is 24.0. The van der Waals surface area contributed by atoms with Crippen molar-refractivity contribution in [2.75, 3.05) is 38.6 Å². The number of hydrogen-bond donors (Lipinski definition) is 2. The van der Waals surface area contributed by atoms with Crippen molar-refractivity contribution in [3.05, 3.63) is 70.2 Å². The molecule has 2 N–H and O–H groups in total. The van der Waals surface area contributed by atoms with Gasteiger partial charge in [0.15, 0.2) is 0 Å². The van der Waals surface area contributed by atoms with Gasteiger partial charge in [0.2, 0.25) is 0 Å². The number of halogens is 1. The monoisotopic (exact) mass is 511 g/mol. The number of nitrogens with one attached hydrogen (secondary N) is 1. The first-order valence-corrected chi connectivity index (χ1v) is 12.3. The predicted octanol–water partition coefficient (Wildman–Crippen LogP) is 3.03. The molecule has 0 bridgehead atoms. The smallest absolute Gasteiger partial charge is 0.321 e. The Kier molecular flexibility index (Phi) is 6.35. The summed E-state index contributed by atoms with van der Waals surface area (Å²) in [6.45, 7) is 2.90. The standard InChI is InChI=1S/C25H26FN5O4S/c1-15-3-4-16(9-20(15)26)25(23-27-14-28-36-23)7-8-30(13-25)24(34)29-21-10-18(35-2)5-6-19(21)22(33)31-11-17(32)12-31/h3-6,9-10,14,17,32H,7-8,11-13H2,1-2H3,(H,29,34)/t25-/m1/s1. The maximum atomic E-state index is 14.5. The van der Waals surface area contributed by atoms with Crippen LogP contribution in [0.3, 0.4) is 0 Å². The van der Waals surface area contributed by atoms with Crippen molar-refractivity contribution in [2.45, 2.75) is 24.9 Å². The number of ether oxygens (including phenoxy) is 1. The lowest BCUT2D eigenvalue weighted by atomic mass is 9.80. The lowest BCUT2D eigenvalue weighted by Crippen LogP contribution is -2.53. The van der Waals surface area contributed by atoms with Gasteiger partial charge in [-0.1, -0.05) is 12.1 Å². The molecule has 2 fully saturated rings. The quantitative estimate of drug-likeness (QED) is 0.545. The number of aryl methyl sites for hydroxylation is 1. The molecule has 9 nitrogen and oxygen atoms in total. The lowest BCUT2D eigenvalue weighted by molar-refractivity contribution is 0.00596. The highest BCUT2D eigenvalue weighted by Gasteiger charge is 2.45. The summed E-state index contributed by atoms with van der Waals surface area (Å²) in [6.07, 6.45) is 1.48. The third-order valence-electron chi connectivity index (χ3n) is 6.90. The number of aliphatic hydroxyl groups excluding tert-OH is 1. The van der Waals surface area contributed by atoms with E-state index in [0.29, 0.717) is 35.5 Å². The molecule has 2 aliphatic heterocycles. The lowest BCUT2D eigenvalue weighted by Gasteiger charge is -2.36. The van der Waals surface area contributed by atoms with Gasteiger partial charge in [0.1, 0.15) is 22.9 Å². The first kappa shape index (κ1) is 24.1. The van der Waals surface area contributed by atoms with E-state index in [1.807, 2.05) is 6.07 Å². The molecule has 188 valence electrons. The van der Waals surface area contributed by atoms with E-state index in [0.717, 1.165) is 10.6 Å². The summed E-state index contributed by atoms with van der Waals surface area (Å²) in [5.74, 6) is -0.0989. The number of aromatic nitrogens is 2. The van der Waals surface area contributed by atoms with Crippen LogP contribution in [0, 0.1) is 12.7 Å². The Labute approximate surface area is 211 Å². The van der Waals surface area contributed by atoms with Gasteiger partial charge in [-0.05, 0) is 54.2 Å². The minimum Gasteiger partial charge on any atom is -0.497 e. The zero-order chi connectivity index (χ0) is 25.4. The zero-order valence-corrected chi connectivity index (χ0v) is 20.7. The van der Waals surface area contributed by atoms with E-state index in [9.17, 15) is 19.1 Å². The van der Waals surface area contributed by atoms with Crippen molar-refractivity contribution in [1.82, 2.24) is 19.2 Å². The summed E-state index contributed by atoms with van der Waals surface area (Å²) in [5, 5.41) is 13.2. The van der Waals surface area contributed by atoms with Crippen molar-refractivity contribution < 1.29 is 23.8 Å². The molecule has 0 spiro atoms. The third-order valence-corrected chi connectivity index (χ3v) is 7.77. The fraction of sp³-hybridized carbons (Fsp3) is 0.360. The van der Waals surface area contributed by atoms with Gasteiger partial charge in [-0.2, -0.15) is 4.37 Å². The molecule has 5 rings (SSSR count). The highest BCUT2D eigenvalue weighted by Crippen LogP contribution is 2.42. The van der Waals surface area contributed by atoms with E-state index in [2.05, 4.69) is 14.7 Å². The molecule has 3 aromatic rings. The summed E-state index contributed by atoms with van der Waals surface area (Å²) in [4.78, 5) is 33.9. The average molecular weight is 512 g/mol. The molecular weight excluding hydrogens is 485 g/mol. The van der Waals surface area contributed by atoms with Crippen molar-refractivity contribution in [3.8, 4) is 5.75 Å². The number of benzene rings is 2. The van der Waals surface area contributed by atoms with E-state index in [-0.39, 0.29) is 37.4 Å². The van der Waals surface area contributed by atoms with Crippen LogP contribution < -0.4 is 10.1 Å². The number of rotatable bonds is 5. The Hall–Kier alpha value is -3.57. The molecule has 2 saturated heterocycles. The van der Waals surface area contributed by atoms with Gasteiger partial charge in [-0.15, -0.1) is 0 Å². The van der Waals surface area contributed by atoms with Crippen LogP contribution in [0.15, 0.2) is 42.7 Å². The fourth-order valence-electron chi connectivity index (χ4n) is 4.72. The molecule has 0 saturated carbocycles. The van der Waals surface area contributed by atoms with E-state index < -0.39 is 11.5 Å². The molecule has 1 aromatic heterocycles. The van der Waals surface area contributed by atoms with Crippen LogP contribution in [0.25, 0.3) is 0 Å². The van der Waals surface area contributed by atoms with Crippen LogP contribution in [-0.4, -0.2) is 75.6 Å². The molecule has 0 radical (unpaired) electrons. The highest BCUT2D eigenvalue weighted by molar-refractivity contribution is 7.05. The topological polar surface area (TPSA) is 108 Å². The minimum atomic E-state index is -0.687. The van der Waals surface area contributed by atoms with Crippen LogP contribution in [0.1, 0.15) is 32.9 Å². The second-order valence-corrected chi connectivity index (χ2v) is 9.95. The first-order chi connectivity index (χ1) is 17.3. The van der Waals surface area contributed by atoms with Crippen molar-refractivity contribution in [2.24, 2.45) is 0 Å². The molecule has 0 aliphatic carbocycles. The van der Waals surface area contributed by atoms with Crippen LogP contribution in [0.2, 0.25) is 0 Å². The summed E-state index contributed by atoms with van der Waals surface area (Å²) >= 11 is 1.24. The Bertz CT molecular complexity index is 1300. The van der Waals surface area contributed by atoms with Gasteiger partial charge < -0.3 is 25.0 Å². The number of carbonyl (C=O) groups excluding carboxylic acids is 2. The maximum Gasteiger partial charge on any atom is 0.321 e. The second kappa shape index (κ2) is 9.47. The number of urea groups is 1. The Morgan fingerprint density at radius 2 is 2.03 bits per heavy atom. The van der Waals surface area contributed by atoms with Crippen molar-refractivity contribution >= 4 is 29.2 Å². The number of nitrogens with zero attached hydrogens (tertiary/aromatic N) is 4. The van der Waals surface area contributed by atoms with Gasteiger partial charge in [0, 0.05) is 32.2 Å². The van der Waals surface area contributed by atoms with Crippen LogP contribution >= 0.6 is 11.5 Å². The molecule has 2 aromatic carbocycles. The maximum absolute atomic E-state index is 14.5. The van der Waals surface area contributed by atoms with E-state index in [1.54, 1.807) is 36.1 Å². The molecule has 2 aliphatic rings. The molecule has 0 unspecified atom stereocenters. The van der Waals surface area contributed by atoms with Crippen LogP contribution in [0.5, 0.6) is 5.75 Å². The van der Waals surface area contributed by atoms with Gasteiger partial charge in [-0.3, -0.25) is 4.79 Å². The fourth-order valence-corrected chi connectivity index (χ4v) is 5.46. The average Bonchev–Trinajstić information content (AvgIpc) is 3.54. The number of amides is 3. The normalized spacial score (nSPS) is 19.8. The van der Waals surface area contributed by atoms with Gasteiger partial charge in [0.25, 0.3) is 5.91 Å². The van der Waals surface area contributed by atoms with Crippen LogP contribution in [0.4, 0.5) is 14.9 Å². The molecule has 11 heteroatoms. The Morgan fingerprint density at radius 1 is 1.22 bits per heavy atom. The highest BCUT2D eigenvalue weighted by atomic mass is 32.1. The van der Waals surface area contributed by atoms with Gasteiger partial charge >= 0.3 is 6.03 Å². The first-order valence-electron chi connectivity index (χ1n) is 11.6. The van der Waals surface area contributed by atoms with E-state index >= 15 is 0 Å². The van der Waals surface area contributed by atoms with Crippen molar-refractivity contribution in [3.63, 3.8) is 0 Å². The second-order valence-electron chi connectivity index (χ2n) is 9.17. The predicted molar refractivity (Wildman–Crippen MR) is 132 cm³/mol. The third kappa shape index (κ3) is 4.28. The Morgan fingerprint density at radius 3 is 2.69 bits per heavy atom. The van der Waals surface area contributed by atoms with Gasteiger partial charge in [-0.25, -0.2) is 14.2 Å². The molecule has 36 heavy (non-hydrogen) atoms.